The van der Waals surface area contributed by atoms with E-state index >= 15 is 0 Å². The van der Waals surface area contributed by atoms with E-state index in [4.69, 9.17) is 9.98 Å². The summed E-state index contributed by atoms with van der Waals surface area (Å²) in [6, 6.07) is 5.99. The van der Waals surface area contributed by atoms with E-state index in [-0.39, 0.29) is 22.9 Å². The lowest BCUT2D eigenvalue weighted by molar-refractivity contribution is 0.371. The van der Waals surface area contributed by atoms with Crippen molar-refractivity contribution in [2.24, 2.45) is 15.4 Å². The van der Waals surface area contributed by atoms with Crippen LogP contribution in [0.4, 0.5) is 0 Å². The molecule has 2 aliphatic carbocycles. The van der Waals surface area contributed by atoms with Crippen molar-refractivity contribution in [2.45, 2.75) is 91.1 Å². The summed E-state index contributed by atoms with van der Waals surface area (Å²) in [6.07, 6.45) is 10.5. The second-order valence-electron chi connectivity index (χ2n) is 11.5. The lowest BCUT2D eigenvalue weighted by atomic mass is 9.79. The van der Waals surface area contributed by atoms with E-state index in [9.17, 15) is 10.2 Å². The first-order valence-electron chi connectivity index (χ1n) is 12.1. The highest BCUT2D eigenvalue weighted by Crippen LogP contribution is 2.37. The van der Waals surface area contributed by atoms with Crippen molar-refractivity contribution in [3.05, 3.63) is 64.5 Å². The van der Waals surface area contributed by atoms with Crippen molar-refractivity contribution in [3.63, 3.8) is 0 Å². The molecule has 0 saturated heterocycles. The van der Waals surface area contributed by atoms with Gasteiger partial charge in [0, 0.05) is 30.0 Å². The van der Waals surface area contributed by atoms with Crippen molar-refractivity contribution >= 4 is 12.4 Å². The Hall–Kier alpha value is -2.62. The van der Waals surface area contributed by atoms with Gasteiger partial charge in [-0.1, -0.05) is 84.7 Å². The molecule has 3 rings (SSSR count). The van der Waals surface area contributed by atoms with Gasteiger partial charge in [-0.3, -0.25) is 9.98 Å². The van der Waals surface area contributed by atoms with Crippen LogP contribution in [-0.2, 0) is 5.41 Å². The number of aliphatic hydroxyl groups excluding tert-OH is 1. The fraction of sp³-hybridized carbons (Fsp3) is 0.517. The number of rotatable bonds is 4. The van der Waals surface area contributed by atoms with Gasteiger partial charge in [0.2, 0.25) is 0 Å². The predicted molar refractivity (Wildman–Crippen MR) is 140 cm³/mol. The van der Waals surface area contributed by atoms with Gasteiger partial charge < -0.3 is 10.2 Å². The quantitative estimate of drug-likeness (QED) is 0.477. The molecule has 178 valence electrons. The Morgan fingerprint density at radius 3 is 2.09 bits per heavy atom. The predicted octanol–water partition coefficient (Wildman–Crippen LogP) is 7.24. The fourth-order valence-electron chi connectivity index (χ4n) is 4.58. The van der Waals surface area contributed by atoms with Crippen LogP contribution in [0.2, 0.25) is 0 Å². The van der Waals surface area contributed by atoms with E-state index in [0.717, 1.165) is 53.5 Å². The number of allylic oxidation sites excluding steroid dienone is 4. The van der Waals surface area contributed by atoms with E-state index in [1.54, 1.807) is 0 Å². The molecule has 4 nitrogen and oxygen atoms in total. The lowest BCUT2D eigenvalue weighted by Crippen LogP contribution is -2.27. The summed E-state index contributed by atoms with van der Waals surface area (Å²) in [5, 5.41) is 21.6. The number of para-hydroxylation sites is 1. The summed E-state index contributed by atoms with van der Waals surface area (Å²) >= 11 is 0. The molecule has 0 amide bonds. The maximum absolute atomic E-state index is 10.9. The Labute approximate surface area is 199 Å². The van der Waals surface area contributed by atoms with Gasteiger partial charge in [-0.25, -0.2) is 0 Å². The van der Waals surface area contributed by atoms with Crippen LogP contribution in [0.5, 0.6) is 5.75 Å². The minimum absolute atomic E-state index is 0.0693. The fourth-order valence-corrected chi connectivity index (χ4v) is 4.58. The van der Waals surface area contributed by atoms with Gasteiger partial charge in [0.25, 0.3) is 0 Å². The molecule has 0 aromatic heterocycles. The second-order valence-corrected chi connectivity index (χ2v) is 11.5. The largest absolute Gasteiger partial charge is 0.507 e. The highest BCUT2D eigenvalue weighted by atomic mass is 16.3. The highest BCUT2D eigenvalue weighted by molar-refractivity contribution is 5.85. The SMILES string of the molecule is C=C1C=C(C(C)(C)C)C(O)=C(C=N[C@@H]2CCCC[C@H]2N=Cc2cccc(C(C)(C)C)c2O)C1. The Morgan fingerprint density at radius 2 is 1.52 bits per heavy atom. The van der Waals surface area contributed by atoms with E-state index in [1.807, 2.05) is 36.7 Å². The number of aliphatic hydroxyl groups is 1. The zero-order valence-corrected chi connectivity index (χ0v) is 21.2. The van der Waals surface area contributed by atoms with Crippen LogP contribution in [0.15, 0.2) is 63.3 Å². The van der Waals surface area contributed by atoms with E-state index < -0.39 is 0 Å². The van der Waals surface area contributed by atoms with E-state index in [1.165, 1.54) is 0 Å². The molecule has 1 saturated carbocycles. The molecule has 1 fully saturated rings. The van der Waals surface area contributed by atoms with Crippen molar-refractivity contribution in [1.29, 1.82) is 0 Å². The minimum atomic E-state index is -0.159. The van der Waals surface area contributed by atoms with Gasteiger partial charge >= 0.3 is 0 Å². The highest BCUT2D eigenvalue weighted by Gasteiger charge is 2.27. The molecule has 0 spiro atoms. The standard InChI is InChI=1S/C29H40N2O2/c1-19-15-21(27(33)23(16-19)29(5,6)7)18-31-25-14-9-8-13-24(25)30-17-20-11-10-12-22(26(20)32)28(2,3)4/h10-12,16-18,24-25,32-33H,1,8-9,13-15H2,2-7H3/t24-,25-/m1/s1. The molecular weight excluding hydrogens is 408 g/mol. The van der Waals surface area contributed by atoms with Gasteiger partial charge in [-0.05, 0) is 40.9 Å². The van der Waals surface area contributed by atoms with Crippen molar-refractivity contribution in [3.8, 4) is 5.75 Å². The van der Waals surface area contributed by atoms with Crippen LogP contribution in [0.25, 0.3) is 0 Å². The molecule has 1 aromatic carbocycles. The van der Waals surface area contributed by atoms with Gasteiger partial charge in [0.1, 0.15) is 11.5 Å². The Kier molecular flexibility index (Phi) is 7.36. The zero-order valence-electron chi connectivity index (χ0n) is 21.2. The summed E-state index contributed by atoms with van der Waals surface area (Å²) < 4.78 is 0. The third-order valence-corrected chi connectivity index (χ3v) is 6.53. The summed E-state index contributed by atoms with van der Waals surface area (Å²) in [6.45, 7) is 16.7. The van der Waals surface area contributed by atoms with Crippen LogP contribution in [0, 0.1) is 5.41 Å². The topological polar surface area (TPSA) is 65.2 Å². The molecule has 2 aliphatic rings. The van der Waals surface area contributed by atoms with Crippen molar-refractivity contribution in [1.82, 2.24) is 0 Å². The molecule has 1 aromatic rings. The normalized spacial score (nSPS) is 23.0. The molecular formula is C29H40N2O2. The van der Waals surface area contributed by atoms with Gasteiger partial charge in [-0.15, -0.1) is 0 Å². The van der Waals surface area contributed by atoms with Crippen LogP contribution < -0.4 is 0 Å². The minimum Gasteiger partial charge on any atom is -0.507 e. The zero-order chi connectivity index (χ0) is 24.4. The molecule has 0 heterocycles. The number of aliphatic imine (C=N–C) groups is 2. The van der Waals surface area contributed by atoms with Gasteiger partial charge in [-0.2, -0.15) is 0 Å². The number of hydrogen-bond donors (Lipinski definition) is 2. The maximum Gasteiger partial charge on any atom is 0.128 e. The Bertz CT molecular complexity index is 1010. The van der Waals surface area contributed by atoms with Crippen LogP contribution in [0.3, 0.4) is 0 Å². The number of benzene rings is 1. The molecule has 2 atom stereocenters. The third-order valence-electron chi connectivity index (χ3n) is 6.53. The summed E-state index contributed by atoms with van der Waals surface area (Å²) in [5.74, 6) is 0.639. The summed E-state index contributed by atoms with van der Waals surface area (Å²) in [4.78, 5) is 9.76. The van der Waals surface area contributed by atoms with Crippen LogP contribution in [0.1, 0.15) is 84.8 Å². The van der Waals surface area contributed by atoms with Crippen molar-refractivity contribution in [2.75, 3.05) is 0 Å². The number of hydrogen-bond acceptors (Lipinski definition) is 4. The first-order valence-corrected chi connectivity index (χ1v) is 12.1. The summed E-state index contributed by atoms with van der Waals surface area (Å²) in [5.41, 5.74) is 4.11. The molecule has 2 N–H and O–H groups in total. The maximum atomic E-state index is 10.9. The molecule has 0 radical (unpaired) electrons. The number of aromatic hydroxyl groups is 1. The smallest absolute Gasteiger partial charge is 0.128 e. The Balaban J connectivity index is 1.83. The first kappa shape index (κ1) is 25.0. The van der Waals surface area contributed by atoms with Crippen LogP contribution in [-0.4, -0.2) is 34.7 Å². The van der Waals surface area contributed by atoms with E-state index in [2.05, 4.69) is 48.1 Å². The molecule has 0 bridgehead atoms. The second kappa shape index (κ2) is 9.70. The van der Waals surface area contributed by atoms with Crippen molar-refractivity contribution < 1.29 is 10.2 Å². The third kappa shape index (κ3) is 6.04. The molecule has 0 unspecified atom stereocenters. The van der Waals surface area contributed by atoms with Crippen LogP contribution >= 0.6 is 0 Å². The van der Waals surface area contributed by atoms with E-state index in [0.29, 0.717) is 17.9 Å². The monoisotopic (exact) mass is 448 g/mol. The molecule has 0 aliphatic heterocycles. The number of phenolic OH excluding ortho intramolecular Hbond substituents is 1. The average molecular weight is 449 g/mol. The number of phenols is 1. The molecule has 33 heavy (non-hydrogen) atoms. The first-order chi connectivity index (χ1) is 15.4. The van der Waals surface area contributed by atoms with Gasteiger partial charge in [0.05, 0.1) is 12.1 Å². The summed E-state index contributed by atoms with van der Waals surface area (Å²) in [7, 11) is 0. The van der Waals surface area contributed by atoms with Gasteiger partial charge in [0.15, 0.2) is 0 Å². The Morgan fingerprint density at radius 1 is 0.909 bits per heavy atom. The lowest BCUT2D eigenvalue weighted by Gasteiger charge is -2.28. The average Bonchev–Trinajstić information content (AvgIpc) is 2.72. The number of nitrogens with zero attached hydrogens (tertiary/aromatic N) is 2. The molecule has 4 heteroatoms.